The molecular formula is C20H27N7O4. The molecule has 0 bridgehead atoms. The fourth-order valence-corrected chi connectivity index (χ4v) is 3.36. The molecule has 3 N–H and O–H groups in total. The average molecular weight is 429 g/mol. The second-order valence-electron chi connectivity index (χ2n) is 7.55. The van der Waals surface area contributed by atoms with Crippen molar-refractivity contribution in [3.63, 3.8) is 0 Å². The monoisotopic (exact) mass is 429 g/mol. The van der Waals surface area contributed by atoms with Crippen molar-refractivity contribution in [1.29, 1.82) is 0 Å². The second-order valence-corrected chi connectivity index (χ2v) is 7.55. The summed E-state index contributed by atoms with van der Waals surface area (Å²) in [6, 6.07) is 3.86. The summed E-state index contributed by atoms with van der Waals surface area (Å²) < 4.78 is 18.1. The summed E-state index contributed by atoms with van der Waals surface area (Å²) in [6.07, 6.45) is 3.92. The van der Waals surface area contributed by atoms with Gasteiger partial charge in [0.2, 0.25) is 0 Å². The zero-order chi connectivity index (χ0) is 21.8. The van der Waals surface area contributed by atoms with Crippen molar-refractivity contribution in [2.75, 3.05) is 19.0 Å². The number of methoxy groups -OCH3 is 1. The summed E-state index contributed by atoms with van der Waals surface area (Å²) in [5.41, 5.74) is 2.43. The lowest BCUT2D eigenvalue weighted by Gasteiger charge is -2.14. The van der Waals surface area contributed by atoms with Crippen molar-refractivity contribution in [3.05, 3.63) is 35.9 Å². The number of hydrogen-bond acceptors (Lipinski definition) is 8. The van der Waals surface area contributed by atoms with E-state index in [1.165, 1.54) is 0 Å². The van der Waals surface area contributed by atoms with Gasteiger partial charge in [0, 0.05) is 38.0 Å². The Morgan fingerprint density at radius 1 is 1.45 bits per heavy atom. The number of carbonyl (C=O) groups excluding carboxylic acids is 1. The number of alkyl carbamates (subject to hydrolysis) is 1. The number of anilines is 2. The minimum atomic E-state index is -0.414. The molecule has 0 aromatic carbocycles. The molecule has 11 nitrogen and oxygen atoms in total. The Labute approximate surface area is 179 Å². The van der Waals surface area contributed by atoms with Gasteiger partial charge in [-0.15, -0.1) is 0 Å². The highest BCUT2D eigenvalue weighted by Gasteiger charge is 2.31. The summed E-state index contributed by atoms with van der Waals surface area (Å²) in [7, 11) is 1.63. The highest BCUT2D eigenvalue weighted by Crippen LogP contribution is 2.31. The Morgan fingerprint density at radius 2 is 2.32 bits per heavy atom. The van der Waals surface area contributed by atoms with Gasteiger partial charge in [0.15, 0.2) is 11.6 Å². The Morgan fingerprint density at radius 3 is 3.13 bits per heavy atom. The first-order valence-corrected chi connectivity index (χ1v) is 10.3. The van der Waals surface area contributed by atoms with Crippen LogP contribution in [0.2, 0.25) is 0 Å². The molecule has 1 fully saturated rings. The predicted molar refractivity (Wildman–Crippen MR) is 112 cm³/mol. The van der Waals surface area contributed by atoms with E-state index in [4.69, 9.17) is 14.2 Å². The first kappa shape index (κ1) is 21.1. The fraction of sp³-hybridized carbons (Fsp3) is 0.500. The van der Waals surface area contributed by atoms with E-state index in [0.717, 1.165) is 23.3 Å². The van der Waals surface area contributed by atoms with Gasteiger partial charge in [0.05, 0.1) is 24.6 Å². The molecule has 11 heteroatoms. The summed E-state index contributed by atoms with van der Waals surface area (Å²) in [4.78, 5) is 16.3. The van der Waals surface area contributed by atoms with Crippen LogP contribution in [0.4, 0.5) is 16.4 Å². The van der Waals surface area contributed by atoms with E-state index in [0.29, 0.717) is 31.3 Å². The van der Waals surface area contributed by atoms with Gasteiger partial charge in [-0.2, -0.15) is 10.2 Å². The molecule has 0 spiro atoms. The van der Waals surface area contributed by atoms with E-state index in [9.17, 15) is 4.79 Å². The minimum Gasteiger partial charge on any atom is -0.444 e. The highest BCUT2D eigenvalue weighted by molar-refractivity contribution is 5.72. The average Bonchev–Trinajstić information content (AvgIpc) is 3.48. The number of H-pyrrole nitrogens is 1. The molecule has 3 aromatic heterocycles. The number of ether oxygens (including phenoxy) is 3. The van der Waals surface area contributed by atoms with Crippen molar-refractivity contribution < 1.29 is 19.0 Å². The summed E-state index contributed by atoms with van der Waals surface area (Å²) in [5, 5.41) is 17.8. The summed E-state index contributed by atoms with van der Waals surface area (Å²) in [5.74, 6) is 1.23. The molecule has 166 valence electrons. The molecule has 4 heterocycles. The number of amides is 1. The van der Waals surface area contributed by atoms with E-state index in [2.05, 4.69) is 30.9 Å². The van der Waals surface area contributed by atoms with Crippen LogP contribution in [0.15, 0.2) is 24.5 Å². The van der Waals surface area contributed by atoms with Gasteiger partial charge in [-0.05, 0) is 19.4 Å². The van der Waals surface area contributed by atoms with Crippen LogP contribution in [0, 0.1) is 0 Å². The molecule has 1 amide bonds. The van der Waals surface area contributed by atoms with Crippen molar-refractivity contribution in [2.45, 2.75) is 51.5 Å². The molecule has 3 aromatic rings. The smallest absolute Gasteiger partial charge is 0.407 e. The molecule has 4 rings (SSSR count). The first-order valence-electron chi connectivity index (χ1n) is 10.3. The SMILES string of the molecule is CC[C@@H](C)NC(=O)OC1COC(c2cc(Nc3nccn4nc(COC)cc34)n[nH]2)C1. The van der Waals surface area contributed by atoms with Gasteiger partial charge in [0.25, 0.3) is 0 Å². The molecule has 1 aliphatic rings. The zero-order valence-electron chi connectivity index (χ0n) is 17.8. The number of nitrogens with one attached hydrogen (secondary N) is 3. The van der Waals surface area contributed by atoms with Gasteiger partial charge in [-0.3, -0.25) is 5.10 Å². The van der Waals surface area contributed by atoms with E-state index in [1.807, 2.05) is 26.0 Å². The quantitative estimate of drug-likeness (QED) is 0.499. The van der Waals surface area contributed by atoms with Crippen LogP contribution in [0.25, 0.3) is 5.52 Å². The molecule has 31 heavy (non-hydrogen) atoms. The first-order chi connectivity index (χ1) is 15.1. The number of aromatic nitrogens is 5. The van der Waals surface area contributed by atoms with Crippen LogP contribution in [0.1, 0.15) is 44.2 Å². The molecule has 0 radical (unpaired) electrons. The Bertz CT molecular complexity index is 1030. The molecule has 2 unspecified atom stereocenters. The molecular weight excluding hydrogens is 402 g/mol. The molecule has 1 saturated heterocycles. The molecule has 3 atom stereocenters. The van der Waals surface area contributed by atoms with Crippen LogP contribution in [-0.4, -0.2) is 56.8 Å². The predicted octanol–water partition coefficient (Wildman–Crippen LogP) is 2.70. The molecule has 1 aliphatic heterocycles. The van der Waals surface area contributed by atoms with Crippen LogP contribution in [0.3, 0.4) is 0 Å². The largest absolute Gasteiger partial charge is 0.444 e. The van der Waals surface area contributed by atoms with Crippen molar-refractivity contribution in [3.8, 4) is 0 Å². The maximum absolute atomic E-state index is 11.9. The third kappa shape index (κ3) is 4.94. The lowest BCUT2D eigenvalue weighted by atomic mass is 10.1. The molecule has 0 aliphatic carbocycles. The normalized spacial score (nSPS) is 19.5. The fourth-order valence-electron chi connectivity index (χ4n) is 3.36. The van der Waals surface area contributed by atoms with Gasteiger partial charge >= 0.3 is 6.09 Å². The van der Waals surface area contributed by atoms with Gasteiger partial charge in [-0.25, -0.2) is 14.3 Å². The van der Waals surface area contributed by atoms with E-state index in [-0.39, 0.29) is 18.2 Å². The summed E-state index contributed by atoms with van der Waals surface area (Å²) >= 11 is 0. The highest BCUT2D eigenvalue weighted by atomic mass is 16.6. The lowest BCUT2D eigenvalue weighted by molar-refractivity contribution is 0.0679. The topological polar surface area (TPSA) is 128 Å². The lowest BCUT2D eigenvalue weighted by Crippen LogP contribution is -2.35. The zero-order valence-corrected chi connectivity index (χ0v) is 17.8. The maximum Gasteiger partial charge on any atom is 0.407 e. The van der Waals surface area contributed by atoms with Gasteiger partial charge < -0.3 is 24.8 Å². The number of nitrogens with zero attached hydrogens (tertiary/aromatic N) is 4. The third-order valence-corrected chi connectivity index (χ3v) is 5.13. The molecule has 0 saturated carbocycles. The van der Waals surface area contributed by atoms with E-state index >= 15 is 0 Å². The minimum absolute atomic E-state index is 0.0753. The van der Waals surface area contributed by atoms with Crippen molar-refractivity contribution in [1.82, 2.24) is 30.1 Å². The van der Waals surface area contributed by atoms with E-state index < -0.39 is 6.09 Å². The van der Waals surface area contributed by atoms with Gasteiger partial charge in [0.1, 0.15) is 17.7 Å². The van der Waals surface area contributed by atoms with Crippen LogP contribution >= 0.6 is 0 Å². The van der Waals surface area contributed by atoms with E-state index in [1.54, 1.807) is 24.0 Å². The summed E-state index contributed by atoms with van der Waals surface area (Å²) in [6.45, 7) is 4.71. The Hall–Kier alpha value is -3.18. The maximum atomic E-state index is 11.9. The van der Waals surface area contributed by atoms with Crippen LogP contribution in [0.5, 0.6) is 0 Å². The number of fused-ring (bicyclic) bond motifs is 1. The second kappa shape index (κ2) is 9.31. The number of aromatic amines is 1. The van der Waals surface area contributed by atoms with Crippen molar-refractivity contribution >= 4 is 23.2 Å². The number of hydrogen-bond donors (Lipinski definition) is 3. The van der Waals surface area contributed by atoms with Crippen LogP contribution < -0.4 is 10.6 Å². The van der Waals surface area contributed by atoms with Gasteiger partial charge in [-0.1, -0.05) is 6.92 Å². The van der Waals surface area contributed by atoms with Crippen LogP contribution in [-0.2, 0) is 20.8 Å². The number of rotatable bonds is 8. The third-order valence-electron chi connectivity index (χ3n) is 5.13. The Balaban J connectivity index is 1.38. The Kier molecular flexibility index (Phi) is 6.33. The van der Waals surface area contributed by atoms with Crippen molar-refractivity contribution in [2.24, 2.45) is 0 Å². The number of carbonyl (C=O) groups is 1. The standard InChI is InChI=1S/C20H27N7O4/c1-4-12(2)22-20(28)31-14-8-17(30-11-14)15-9-18(25-24-15)23-19-16-7-13(10-29-3)26-27(16)6-5-21-19/h5-7,9,12,14,17H,4,8,10-11H2,1-3H3,(H,22,28)(H2,21,23,24,25)/t12-,14?,17?/m1/s1.